The Labute approximate surface area is 187 Å². The second kappa shape index (κ2) is 7.62. The van der Waals surface area contributed by atoms with Gasteiger partial charge in [-0.15, -0.1) is 0 Å². The summed E-state index contributed by atoms with van der Waals surface area (Å²) < 4.78 is 42.2. The predicted molar refractivity (Wildman–Crippen MR) is 115 cm³/mol. The van der Waals surface area contributed by atoms with Crippen LogP contribution in [0.15, 0.2) is 36.7 Å². The topological polar surface area (TPSA) is 117 Å². The van der Waals surface area contributed by atoms with E-state index in [1.165, 1.54) is 16.9 Å². The summed E-state index contributed by atoms with van der Waals surface area (Å²) in [7, 11) is 0. The molecule has 2 aromatic heterocycles. The summed E-state index contributed by atoms with van der Waals surface area (Å²) >= 11 is 0. The first kappa shape index (κ1) is 21.5. The number of carbonyl (C=O) groups excluding carboxylic acids is 1. The number of hydrogen-bond acceptors (Lipinski definition) is 5. The maximum absolute atomic E-state index is 13.0. The average Bonchev–Trinajstić information content (AvgIpc) is 3.45. The number of carbonyl (C=O) groups is 1. The van der Waals surface area contributed by atoms with Crippen LogP contribution >= 0.6 is 0 Å². The number of hydrogen-bond donors (Lipinski definition) is 3. The Bertz CT molecular complexity index is 1200. The molecule has 5 rings (SSSR count). The third-order valence-corrected chi connectivity index (χ3v) is 6.71. The Balaban J connectivity index is 1.40. The maximum Gasteiger partial charge on any atom is 0.416 e. The zero-order valence-corrected chi connectivity index (χ0v) is 17.8. The van der Waals surface area contributed by atoms with Gasteiger partial charge in [-0.3, -0.25) is 9.48 Å². The summed E-state index contributed by atoms with van der Waals surface area (Å²) in [5.41, 5.74) is 12.9. The number of halogens is 3. The summed E-state index contributed by atoms with van der Waals surface area (Å²) in [6.45, 7) is 2.11. The van der Waals surface area contributed by atoms with Gasteiger partial charge in [0.05, 0.1) is 24.3 Å². The second-order valence-electron chi connectivity index (χ2n) is 9.03. The molecule has 1 saturated heterocycles. The van der Waals surface area contributed by atoms with Gasteiger partial charge in [-0.05, 0) is 48.9 Å². The van der Waals surface area contributed by atoms with Crippen LogP contribution in [-0.2, 0) is 12.7 Å². The minimum atomic E-state index is -4.42. The van der Waals surface area contributed by atoms with Crippen molar-refractivity contribution < 1.29 is 18.0 Å². The number of primary amides is 1. The molecule has 2 aliphatic rings. The minimum Gasteiger partial charge on any atom is -0.383 e. The average molecular weight is 459 g/mol. The van der Waals surface area contributed by atoms with Crippen LogP contribution in [-0.4, -0.2) is 38.6 Å². The molecule has 1 aliphatic carbocycles. The number of nitrogens with two attached hydrogens (primary N) is 2. The highest BCUT2D eigenvalue weighted by Gasteiger charge is 2.48. The van der Waals surface area contributed by atoms with Crippen LogP contribution in [0.5, 0.6) is 0 Å². The highest BCUT2D eigenvalue weighted by Crippen LogP contribution is 2.53. The van der Waals surface area contributed by atoms with E-state index in [1.54, 1.807) is 16.9 Å². The van der Waals surface area contributed by atoms with Crippen molar-refractivity contribution in [3.63, 3.8) is 0 Å². The van der Waals surface area contributed by atoms with Crippen LogP contribution < -0.4 is 16.8 Å². The van der Waals surface area contributed by atoms with Crippen LogP contribution in [0.4, 0.5) is 19.0 Å². The Kier molecular flexibility index (Phi) is 4.96. The Morgan fingerprint density at radius 3 is 2.76 bits per heavy atom. The van der Waals surface area contributed by atoms with Gasteiger partial charge in [-0.25, -0.2) is 4.68 Å². The number of amides is 1. The highest BCUT2D eigenvalue weighted by molar-refractivity contribution is 6.03. The van der Waals surface area contributed by atoms with Gasteiger partial charge in [0, 0.05) is 18.3 Å². The number of nitrogens with one attached hydrogen (secondary N) is 1. The first-order valence-corrected chi connectivity index (χ1v) is 10.7. The van der Waals surface area contributed by atoms with Crippen LogP contribution in [0.1, 0.15) is 46.8 Å². The van der Waals surface area contributed by atoms with Crippen LogP contribution in [0, 0.1) is 5.41 Å². The molecule has 8 nitrogen and oxygen atoms in total. The maximum atomic E-state index is 13.0. The molecule has 3 aromatic rings. The molecule has 5 N–H and O–H groups in total. The Hall–Kier alpha value is -3.34. The molecule has 33 heavy (non-hydrogen) atoms. The lowest BCUT2D eigenvalue weighted by atomic mass is 9.65. The lowest BCUT2D eigenvalue weighted by Crippen LogP contribution is -2.40. The minimum absolute atomic E-state index is 0.0944. The summed E-state index contributed by atoms with van der Waals surface area (Å²) in [4.78, 5) is 12.2. The van der Waals surface area contributed by atoms with E-state index in [0.717, 1.165) is 44.5 Å². The van der Waals surface area contributed by atoms with Crippen molar-refractivity contribution in [3.05, 3.63) is 53.3 Å². The summed E-state index contributed by atoms with van der Waals surface area (Å²) in [5.74, 6) is -0.454. The molecule has 174 valence electrons. The predicted octanol–water partition coefficient (Wildman–Crippen LogP) is 2.81. The van der Waals surface area contributed by atoms with Crippen molar-refractivity contribution in [2.24, 2.45) is 11.1 Å². The number of nitrogen functional groups attached to an aromatic ring is 1. The lowest BCUT2D eigenvalue weighted by molar-refractivity contribution is -0.137. The number of alkyl halides is 3. The molecule has 0 atom stereocenters. The standard InChI is InChI=1S/C22H24F3N7O/c23-22(24,25)15-3-1-2-13(6-15)10-31-11-14(9-29-31)18-17(20(27)33)19(26)32(30-18)16-7-21(8-16)4-5-28-12-21/h1-3,6,9,11,16,28H,4-5,7-8,10,12,26H2,(H2,27,33). The van der Waals surface area contributed by atoms with Gasteiger partial charge in [0.25, 0.3) is 5.91 Å². The molecule has 1 amide bonds. The van der Waals surface area contributed by atoms with Gasteiger partial charge in [0.2, 0.25) is 0 Å². The zero-order valence-electron chi connectivity index (χ0n) is 17.8. The Morgan fingerprint density at radius 1 is 1.30 bits per heavy atom. The van der Waals surface area contributed by atoms with E-state index in [2.05, 4.69) is 15.5 Å². The van der Waals surface area contributed by atoms with Crippen molar-refractivity contribution in [1.29, 1.82) is 0 Å². The summed E-state index contributed by atoms with van der Waals surface area (Å²) in [6, 6.07) is 5.17. The van der Waals surface area contributed by atoms with Crippen molar-refractivity contribution in [1.82, 2.24) is 24.9 Å². The fraction of sp³-hybridized carbons (Fsp3) is 0.409. The molecule has 1 spiro atoms. The molecular formula is C22H24F3N7O. The Morgan fingerprint density at radius 2 is 2.09 bits per heavy atom. The number of anilines is 1. The summed E-state index contributed by atoms with van der Waals surface area (Å²) in [6.07, 6.45) is 1.69. The molecule has 3 heterocycles. The molecule has 11 heteroatoms. The molecule has 0 bridgehead atoms. The molecule has 1 aliphatic heterocycles. The normalized spacial score (nSPS) is 22.6. The van der Waals surface area contributed by atoms with E-state index in [0.29, 0.717) is 16.8 Å². The van der Waals surface area contributed by atoms with Gasteiger partial charge in [0.1, 0.15) is 17.1 Å². The smallest absolute Gasteiger partial charge is 0.383 e. The second-order valence-corrected chi connectivity index (χ2v) is 9.03. The van der Waals surface area contributed by atoms with E-state index < -0.39 is 17.6 Å². The summed E-state index contributed by atoms with van der Waals surface area (Å²) in [5, 5.41) is 12.2. The van der Waals surface area contributed by atoms with E-state index in [1.807, 2.05) is 0 Å². The van der Waals surface area contributed by atoms with Gasteiger partial charge in [0.15, 0.2) is 0 Å². The van der Waals surface area contributed by atoms with Gasteiger partial charge in [-0.2, -0.15) is 23.4 Å². The molecule has 0 unspecified atom stereocenters. The molecule has 1 aromatic carbocycles. The van der Waals surface area contributed by atoms with Gasteiger partial charge in [-0.1, -0.05) is 12.1 Å². The first-order valence-electron chi connectivity index (χ1n) is 10.7. The van der Waals surface area contributed by atoms with E-state index in [9.17, 15) is 18.0 Å². The fourth-order valence-corrected chi connectivity index (χ4v) is 5.03. The van der Waals surface area contributed by atoms with Crippen LogP contribution in [0.3, 0.4) is 0 Å². The zero-order chi connectivity index (χ0) is 23.4. The quantitative estimate of drug-likeness (QED) is 0.543. The highest BCUT2D eigenvalue weighted by atomic mass is 19.4. The lowest BCUT2D eigenvalue weighted by Gasteiger charge is -2.45. The van der Waals surface area contributed by atoms with Crippen molar-refractivity contribution in [3.8, 4) is 11.3 Å². The van der Waals surface area contributed by atoms with E-state index in [4.69, 9.17) is 11.5 Å². The third-order valence-electron chi connectivity index (χ3n) is 6.71. The monoisotopic (exact) mass is 459 g/mol. The third kappa shape index (κ3) is 3.86. The van der Waals surface area contributed by atoms with Crippen LogP contribution in [0.2, 0.25) is 0 Å². The van der Waals surface area contributed by atoms with Crippen molar-refractivity contribution in [2.45, 2.75) is 38.0 Å². The number of benzene rings is 1. The van der Waals surface area contributed by atoms with E-state index in [-0.39, 0.29) is 29.4 Å². The fourth-order valence-electron chi connectivity index (χ4n) is 5.03. The van der Waals surface area contributed by atoms with Gasteiger partial charge >= 0.3 is 6.18 Å². The number of nitrogens with zero attached hydrogens (tertiary/aromatic N) is 4. The van der Waals surface area contributed by atoms with Crippen molar-refractivity contribution >= 4 is 11.7 Å². The van der Waals surface area contributed by atoms with Crippen LogP contribution in [0.25, 0.3) is 11.3 Å². The van der Waals surface area contributed by atoms with Gasteiger partial charge < -0.3 is 16.8 Å². The largest absolute Gasteiger partial charge is 0.416 e. The number of rotatable bonds is 5. The van der Waals surface area contributed by atoms with Crippen molar-refractivity contribution in [2.75, 3.05) is 18.8 Å². The SMILES string of the molecule is NC(=O)c1c(-c2cnn(Cc3cccc(C(F)(F)F)c3)c2)nn(C2CC3(CCNC3)C2)c1N. The molecule has 1 saturated carbocycles. The first-order chi connectivity index (χ1) is 15.7. The number of aromatic nitrogens is 4. The van der Waals surface area contributed by atoms with E-state index >= 15 is 0 Å². The molecular weight excluding hydrogens is 435 g/mol. The molecule has 2 fully saturated rings. The molecule has 0 radical (unpaired) electrons.